The van der Waals surface area contributed by atoms with Crippen LogP contribution in [0.25, 0.3) is 12.2 Å². The van der Waals surface area contributed by atoms with Crippen molar-refractivity contribution in [1.29, 1.82) is 0 Å². The highest BCUT2D eigenvalue weighted by Crippen LogP contribution is 2.30. The van der Waals surface area contributed by atoms with E-state index in [1.165, 1.54) is 26.4 Å². The number of carbonyl (C=O) groups is 3. The molecule has 0 atom stereocenters. The van der Waals surface area contributed by atoms with Crippen LogP contribution in [0.1, 0.15) is 11.1 Å². The van der Waals surface area contributed by atoms with E-state index in [4.69, 9.17) is 18.9 Å². The van der Waals surface area contributed by atoms with Crippen molar-refractivity contribution in [2.24, 2.45) is 0 Å². The summed E-state index contributed by atoms with van der Waals surface area (Å²) in [7, 11) is 2.95. The number of anilines is 2. The fraction of sp³-hybridized carbons (Fsp3) is 0.108. The van der Waals surface area contributed by atoms with Gasteiger partial charge in [0, 0.05) is 17.5 Å². The molecule has 4 aromatic rings. The number of hydrogen-bond donors (Lipinski definition) is 3. The van der Waals surface area contributed by atoms with E-state index >= 15 is 0 Å². The summed E-state index contributed by atoms with van der Waals surface area (Å²) in [5, 5.41) is 15.8. The normalized spacial score (nSPS) is 11.2. The highest BCUT2D eigenvalue weighted by Gasteiger charge is 2.10. The Kier molecular flexibility index (Phi) is 12.3. The molecule has 0 heterocycles. The van der Waals surface area contributed by atoms with Crippen LogP contribution in [0.4, 0.5) is 11.4 Å². The molecular formula is C37H34N2O8. The van der Waals surface area contributed by atoms with Crippen LogP contribution in [0, 0.1) is 0 Å². The molecular weight excluding hydrogens is 600 g/mol. The lowest BCUT2D eigenvalue weighted by Gasteiger charge is -2.11. The molecule has 0 saturated heterocycles. The second-order valence-corrected chi connectivity index (χ2v) is 9.86. The largest absolute Gasteiger partial charge is 0.508 e. The summed E-state index contributed by atoms with van der Waals surface area (Å²) < 4.78 is 22.0. The first-order valence-corrected chi connectivity index (χ1v) is 14.4. The van der Waals surface area contributed by atoms with E-state index in [1.54, 1.807) is 72.8 Å². The van der Waals surface area contributed by atoms with Gasteiger partial charge in [-0.2, -0.15) is 0 Å². The van der Waals surface area contributed by atoms with Crippen LogP contribution in [-0.4, -0.2) is 50.1 Å². The van der Waals surface area contributed by atoms with Crippen LogP contribution < -0.4 is 29.6 Å². The van der Waals surface area contributed by atoms with Gasteiger partial charge in [-0.1, -0.05) is 60.7 Å². The van der Waals surface area contributed by atoms with Gasteiger partial charge in [0.1, 0.15) is 5.76 Å². The SMILES string of the molecule is COc1cc(/C=C/C(=O)C=C(O)/C=C/c2ccc(OCC(=O)Nc3ccccc3)c(OC)c2)ccc1OCC(=O)Nc1ccccc1. The van der Waals surface area contributed by atoms with Crippen LogP contribution >= 0.6 is 0 Å². The van der Waals surface area contributed by atoms with E-state index < -0.39 is 5.78 Å². The summed E-state index contributed by atoms with van der Waals surface area (Å²) in [6.07, 6.45) is 6.91. The Bertz CT molecular complexity index is 1770. The number of nitrogens with one attached hydrogen (secondary N) is 2. The molecule has 240 valence electrons. The lowest BCUT2D eigenvalue weighted by atomic mass is 10.1. The van der Waals surface area contributed by atoms with Crippen molar-refractivity contribution in [2.75, 3.05) is 38.1 Å². The van der Waals surface area contributed by atoms with Crippen LogP contribution in [-0.2, 0) is 14.4 Å². The van der Waals surface area contributed by atoms with Crippen LogP contribution in [0.5, 0.6) is 23.0 Å². The number of aliphatic hydroxyl groups is 1. The second-order valence-electron chi connectivity index (χ2n) is 9.86. The van der Waals surface area contributed by atoms with Crippen molar-refractivity contribution in [3.8, 4) is 23.0 Å². The summed E-state index contributed by atoms with van der Waals surface area (Å²) >= 11 is 0. The number of hydrogen-bond acceptors (Lipinski definition) is 8. The molecule has 0 unspecified atom stereocenters. The van der Waals surface area contributed by atoms with E-state index in [2.05, 4.69) is 10.6 Å². The summed E-state index contributed by atoms with van der Waals surface area (Å²) in [5.74, 6) is 0.177. The Hall–Kier alpha value is -6.29. The minimum absolute atomic E-state index is 0.210. The molecule has 4 aromatic carbocycles. The van der Waals surface area contributed by atoms with Gasteiger partial charge in [0.05, 0.1) is 14.2 Å². The molecule has 0 bridgehead atoms. The maximum absolute atomic E-state index is 12.4. The van der Waals surface area contributed by atoms with E-state index in [1.807, 2.05) is 36.4 Å². The maximum Gasteiger partial charge on any atom is 0.262 e. The molecule has 0 fully saturated rings. The average molecular weight is 635 g/mol. The van der Waals surface area contributed by atoms with E-state index in [0.29, 0.717) is 45.5 Å². The number of allylic oxidation sites excluding steroid dienone is 3. The Morgan fingerprint density at radius 2 is 1.06 bits per heavy atom. The topological polar surface area (TPSA) is 132 Å². The number of ether oxygens (including phenoxy) is 4. The third-order valence-corrected chi connectivity index (χ3v) is 6.38. The number of methoxy groups -OCH3 is 2. The van der Waals surface area contributed by atoms with Crippen LogP contribution in [0.15, 0.2) is 121 Å². The van der Waals surface area contributed by atoms with Gasteiger partial charge in [-0.3, -0.25) is 14.4 Å². The molecule has 0 radical (unpaired) electrons. The number of benzene rings is 4. The van der Waals surface area contributed by atoms with Crippen molar-refractivity contribution >= 4 is 41.1 Å². The van der Waals surface area contributed by atoms with Gasteiger partial charge < -0.3 is 34.7 Å². The zero-order chi connectivity index (χ0) is 33.4. The zero-order valence-electron chi connectivity index (χ0n) is 25.8. The smallest absolute Gasteiger partial charge is 0.262 e. The molecule has 3 N–H and O–H groups in total. The summed E-state index contributed by atoms with van der Waals surface area (Å²) in [4.78, 5) is 36.9. The molecule has 0 aromatic heterocycles. The molecule has 0 aliphatic carbocycles. The van der Waals surface area contributed by atoms with Crippen molar-refractivity contribution in [3.05, 3.63) is 132 Å². The molecule has 4 rings (SSSR count). The Balaban J connectivity index is 1.29. The minimum atomic E-state index is -0.445. The van der Waals surface area contributed by atoms with Crippen molar-refractivity contribution in [1.82, 2.24) is 0 Å². The quantitative estimate of drug-likeness (QED) is 0.0770. The molecule has 2 amide bonds. The predicted molar refractivity (Wildman–Crippen MR) is 181 cm³/mol. The van der Waals surface area contributed by atoms with Crippen molar-refractivity contribution < 1.29 is 38.4 Å². The second kappa shape index (κ2) is 17.3. The predicted octanol–water partition coefficient (Wildman–Crippen LogP) is 6.48. The summed E-state index contributed by atoms with van der Waals surface area (Å²) in [6, 6.07) is 28.1. The van der Waals surface area contributed by atoms with Crippen molar-refractivity contribution in [3.63, 3.8) is 0 Å². The van der Waals surface area contributed by atoms with Gasteiger partial charge in [0.2, 0.25) is 0 Å². The fourth-order valence-corrected chi connectivity index (χ4v) is 4.14. The highest BCUT2D eigenvalue weighted by molar-refractivity contribution is 6.02. The van der Waals surface area contributed by atoms with Gasteiger partial charge in [-0.25, -0.2) is 0 Å². The molecule has 47 heavy (non-hydrogen) atoms. The van der Waals surface area contributed by atoms with E-state index in [9.17, 15) is 19.5 Å². The minimum Gasteiger partial charge on any atom is -0.508 e. The lowest BCUT2D eigenvalue weighted by molar-refractivity contribution is -0.118. The third-order valence-electron chi connectivity index (χ3n) is 6.38. The Morgan fingerprint density at radius 3 is 1.51 bits per heavy atom. The number of rotatable bonds is 15. The van der Waals surface area contributed by atoms with Gasteiger partial charge in [-0.05, 0) is 71.8 Å². The zero-order valence-corrected chi connectivity index (χ0v) is 25.8. The summed E-state index contributed by atoms with van der Waals surface area (Å²) in [5.41, 5.74) is 2.64. The summed E-state index contributed by atoms with van der Waals surface area (Å²) in [6.45, 7) is -0.423. The highest BCUT2D eigenvalue weighted by atomic mass is 16.5. The van der Waals surface area contributed by atoms with E-state index in [-0.39, 0.29) is 30.8 Å². The Morgan fingerprint density at radius 1 is 0.617 bits per heavy atom. The fourth-order valence-electron chi connectivity index (χ4n) is 4.14. The molecule has 0 aliphatic rings. The number of aliphatic hydroxyl groups excluding tert-OH is 1. The molecule has 10 heteroatoms. The maximum atomic E-state index is 12.4. The van der Waals surface area contributed by atoms with Crippen LogP contribution in [0.3, 0.4) is 0 Å². The number of ketones is 1. The first-order valence-electron chi connectivity index (χ1n) is 14.4. The first-order chi connectivity index (χ1) is 22.8. The van der Waals surface area contributed by atoms with Gasteiger partial charge in [-0.15, -0.1) is 0 Å². The molecule has 0 saturated carbocycles. The molecule has 0 spiro atoms. The Labute approximate surface area is 272 Å². The van der Waals surface area contributed by atoms with Crippen LogP contribution in [0.2, 0.25) is 0 Å². The average Bonchev–Trinajstić information content (AvgIpc) is 3.09. The first kappa shape index (κ1) is 33.6. The monoisotopic (exact) mass is 634 g/mol. The molecule has 0 aliphatic heterocycles. The van der Waals surface area contributed by atoms with Crippen molar-refractivity contribution in [2.45, 2.75) is 0 Å². The van der Waals surface area contributed by atoms with Gasteiger partial charge >= 0.3 is 0 Å². The van der Waals surface area contributed by atoms with E-state index in [0.717, 1.165) is 6.08 Å². The number of carbonyl (C=O) groups excluding carboxylic acids is 3. The lowest BCUT2D eigenvalue weighted by Crippen LogP contribution is -2.20. The number of amides is 2. The molecule has 10 nitrogen and oxygen atoms in total. The van der Waals surface area contributed by atoms with Gasteiger partial charge in [0.25, 0.3) is 11.8 Å². The standard InChI is InChI=1S/C37H34N2O8/c1-44-34-21-26(15-19-32(34)46-24-36(42)38-28-9-5-3-6-10-28)13-17-30(40)23-31(41)18-14-27-16-20-33(35(22-27)45-2)47-25-37(43)39-29-11-7-4-8-12-29/h3-23,40H,24-25H2,1-2H3,(H,38,42)(H,39,43)/b17-13+,18-14+,30-23?. The third kappa shape index (κ3) is 11.0. The van der Waals surface area contributed by atoms with Gasteiger partial charge in [0.15, 0.2) is 42.0 Å². The number of para-hydroxylation sites is 2.